The largest absolute Gasteiger partial charge is 0.485 e. The SMILES string of the molecule is CC(=O)c1cc(OCc2ccccc2[N+](=O)[O-])c(OCc2ccccc2[N+](=O)[O-])c(OCc2ccccc2[N+](=O)[O-])c1. The van der Waals surface area contributed by atoms with Gasteiger partial charge in [0.25, 0.3) is 17.1 Å². The number of carbonyl (C=O) groups excluding carboxylic acids is 1. The number of ketones is 1. The highest BCUT2D eigenvalue weighted by Gasteiger charge is 2.22. The second kappa shape index (κ2) is 13.0. The maximum absolute atomic E-state index is 12.4. The summed E-state index contributed by atoms with van der Waals surface area (Å²) < 4.78 is 17.8. The van der Waals surface area contributed by atoms with Gasteiger partial charge in [-0.3, -0.25) is 35.1 Å². The number of carbonyl (C=O) groups is 1. The average Bonchev–Trinajstić information content (AvgIpc) is 2.98. The van der Waals surface area contributed by atoms with Crippen molar-refractivity contribution in [3.8, 4) is 17.2 Å². The zero-order chi connectivity index (χ0) is 30.2. The minimum absolute atomic E-state index is 0.0306. The molecule has 0 amide bonds. The van der Waals surface area contributed by atoms with Crippen LogP contribution in [0.5, 0.6) is 17.2 Å². The zero-order valence-corrected chi connectivity index (χ0v) is 22.1. The summed E-state index contributed by atoms with van der Waals surface area (Å²) in [7, 11) is 0. The van der Waals surface area contributed by atoms with Gasteiger partial charge in [-0.15, -0.1) is 0 Å². The molecule has 0 fully saturated rings. The van der Waals surface area contributed by atoms with Crippen molar-refractivity contribution in [1.82, 2.24) is 0 Å². The van der Waals surface area contributed by atoms with Crippen LogP contribution in [0.2, 0.25) is 0 Å². The molecular weight excluding hydrogens is 550 g/mol. The summed E-state index contributed by atoms with van der Waals surface area (Å²) in [5.41, 5.74) is 0.287. The van der Waals surface area contributed by atoms with Gasteiger partial charge in [0, 0.05) is 23.8 Å². The van der Waals surface area contributed by atoms with Gasteiger partial charge in [-0.1, -0.05) is 36.4 Å². The van der Waals surface area contributed by atoms with Crippen molar-refractivity contribution in [2.24, 2.45) is 0 Å². The number of ether oxygens (including phenoxy) is 3. The second-order valence-electron chi connectivity index (χ2n) is 8.88. The molecule has 214 valence electrons. The third-order valence-corrected chi connectivity index (χ3v) is 6.13. The first-order valence-corrected chi connectivity index (χ1v) is 12.4. The summed E-state index contributed by atoms with van der Waals surface area (Å²) in [5.74, 6) is -0.490. The smallest absolute Gasteiger partial charge is 0.276 e. The van der Waals surface area contributed by atoms with Gasteiger partial charge < -0.3 is 14.2 Å². The van der Waals surface area contributed by atoms with Crippen LogP contribution >= 0.6 is 0 Å². The number of nitro groups is 3. The Labute approximate surface area is 238 Å². The molecule has 13 nitrogen and oxygen atoms in total. The van der Waals surface area contributed by atoms with Crippen LogP contribution in [0.4, 0.5) is 17.1 Å². The lowest BCUT2D eigenvalue weighted by molar-refractivity contribution is -0.386. The van der Waals surface area contributed by atoms with Gasteiger partial charge in [-0.2, -0.15) is 0 Å². The molecule has 0 aliphatic rings. The molecule has 0 aromatic heterocycles. The Bertz CT molecular complexity index is 1590. The summed E-state index contributed by atoms with van der Waals surface area (Å²) >= 11 is 0. The van der Waals surface area contributed by atoms with E-state index in [2.05, 4.69) is 0 Å². The molecule has 0 unspecified atom stereocenters. The molecule has 0 bridgehead atoms. The Kier molecular flexibility index (Phi) is 9.02. The van der Waals surface area contributed by atoms with E-state index in [4.69, 9.17) is 14.2 Å². The van der Waals surface area contributed by atoms with Crippen molar-refractivity contribution < 1.29 is 33.8 Å². The summed E-state index contributed by atoms with van der Waals surface area (Å²) in [6.07, 6.45) is 0. The molecule has 0 radical (unpaired) electrons. The third-order valence-electron chi connectivity index (χ3n) is 6.13. The van der Waals surface area contributed by atoms with E-state index in [1.807, 2.05) is 0 Å². The van der Waals surface area contributed by atoms with E-state index in [1.54, 1.807) is 18.2 Å². The van der Waals surface area contributed by atoms with Crippen molar-refractivity contribution in [2.75, 3.05) is 0 Å². The van der Waals surface area contributed by atoms with Crippen LogP contribution in [0.25, 0.3) is 0 Å². The summed E-state index contributed by atoms with van der Waals surface area (Å²) in [6, 6.07) is 20.5. The van der Waals surface area contributed by atoms with Crippen molar-refractivity contribution in [3.63, 3.8) is 0 Å². The van der Waals surface area contributed by atoms with Gasteiger partial charge in [-0.25, -0.2) is 0 Å². The zero-order valence-electron chi connectivity index (χ0n) is 22.1. The van der Waals surface area contributed by atoms with Gasteiger partial charge in [0.2, 0.25) is 5.75 Å². The van der Waals surface area contributed by atoms with Crippen LogP contribution in [0, 0.1) is 30.3 Å². The van der Waals surface area contributed by atoms with E-state index >= 15 is 0 Å². The van der Waals surface area contributed by atoms with Crippen molar-refractivity contribution in [2.45, 2.75) is 26.7 Å². The molecule has 42 heavy (non-hydrogen) atoms. The first-order chi connectivity index (χ1) is 20.2. The lowest BCUT2D eigenvalue weighted by atomic mass is 10.1. The molecule has 4 aromatic rings. The van der Waals surface area contributed by atoms with Crippen LogP contribution in [0.1, 0.15) is 34.0 Å². The van der Waals surface area contributed by atoms with Crippen LogP contribution in [0.3, 0.4) is 0 Å². The maximum Gasteiger partial charge on any atom is 0.276 e. The van der Waals surface area contributed by atoms with Crippen LogP contribution in [-0.4, -0.2) is 20.6 Å². The van der Waals surface area contributed by atoms with Crippen molar-refractivity contribution >= 4 is 22.8 Å². The Morgan fingerprint density at radius 1 is 0.595 bits per heavy atom. The Morgan fingerprint density at radius 2 is 0.929 bits per heavy atom. The van der Waals surface area contributed by atoms with Crippen LogP contribution in [0.15, 0.2) is 84.9 Å². The molecule has 0 N–H and O–H groups in total. The third kappa shape index (κ3) is 6.83. The van der Waals surface area contributed by atoms with Crippen molar-refractivity contribution in [3.05, 3.63) is 138 Å². The van der Waals surface area contributed by atoms with Gasteiger partial charge >= 0.3 is 0 Å². The Morgan fingerprint density at radius 3 is 1.26 bits per heavy atom. The lowest BCUT2D eigenvalue weighted by Crippen LogP contribution is -2.08. The van der Waals surface area contributed by atoms with Crippen LogP contribution < -0.4 is 14.2 Å². The second-order valence-corrected chi connectivity index (χ2v) is 8.88. The monoisotopic (exact) mass is 573 g/mol. The fraction of sp³-hybridized carbons (Fsp3) is 0.138. The number of para-hydroxylation sites is 3. The number of Topliss-reactive ketones (excluding diaryl/α,β-unsaturated/α-hetero) is 1. The molecule has 4 aromatic carbocycles. The first-order valence-electron chi connectivity index (χ1n) is 12.4. The van der Waals surface area contributed by atoms with E-state index < -0.39 is 14.8 Å². The molecule has 0 aliphatic heterocycles. The normalized spacial score (nSPS) is 10.5. The van der Waals surface area contributed by atoms with E-state index in [-0.39, 0.29) is 82.2 Å². The molecular formula is C29H23N3O10. The first kappa shape index (κ1) is 29.1. The molecule has 0 saturated heterocycles. The highest BCUT2D eigenvalue weighted by Crippen LogP contribution is 2.41. The number of hydrogen-bond acceptors (Lipinski definition) is 10. The predicted octanol–water partition coefficient (Wildman–Crippen LogP) is 6.35. The van der Waals surface area contributed by atoms with E-state index in [0.717, 1.165) is 0 Å². The fourth-order valence-corrected chi connectivity index (χ4v) is 4.03. The number of nitrogens with zero attached hydrogens (tertiary/aromatic N) is 3. The number of rotatable bonds is 13. The van der Waals surface area contributed by atoms with Gasteiger partial charge in [0.1, 0.15) is 19.8 Å². The summed E-state index contributed by atoms with van der Waals surface area (Å²) in [5, 5.41) is 34.5. The van der Waals surface area contributed by atoms with Crippen molar-refractivity contribution in [1.29, 1.82) is 0 Å². The average molecular weight is 574 g/mol. The molecule has 0 saturated carbocycles. The molecule has 4 rings (SSSR count). The Hall–Kier alpha value is -5.85. The maximum atomic E-state index is 12.4. The molecule has 0 spiro atoms. The topological polar surface area (TPSA) is 174 Å². The molecule has 13 heteroatoms. The van der Waals surface area contributed by atoms with E-state index in [0.29, 0.717) is 0 Å². The molecule has 0 atom stereocenters. The fourth-order valence-electron chi connectivity index (χ4n) is 4.03. The minimum atomic E-state index is -0.560. The number of benzene rings is 4. The van der Waals surface area contributed by atoms with Gasteiger partial charge in [0.05, 0.1) is 31.5 Å². The highest BCUT2D eigenvalue weighted by atomic mass is 16.6. The standard InChI is InChI=1S/C29H23N3O10/c1-19(33)23-14-27(40-16-20-8-2-5-11-24(20)30(34)35)29(42-18-22-10-4-7-13-26(22)32(38)39)28(15-23)41-17-21-9-3-6-12-25(21)31(36)37/h2-15H,16-18H2,1H3. The number of hydrogen-bond donors (Lipinski definition) is 0. The highest BCUT2D eigenvalue weighted by molar-refractivity contribution is 5.95. The van der Waals surface area contributed by atoms with Gasteiger partial charge in [0.15, 0.2) is 17.3 Å². The summed E-state index contributed by atoms with van der Waals surface area (Å²) in [4.78, 5) is 45.2. The number of nitro benzene ring substituents is 3. The van der Waals surface area contributed by atoms with Crippen LogP contribution in [-0.2, 0) is 19.8 Å². The quantitative estimate of drug-likeness (QED) is 0.0995. The van der Waals surface area contributed by atoms with E-state index in [1.165, 1.54) is 73.7 Å². The Balaban J connectivity index is 1.76. The van der Waals surface area contributed by atoms with E-state index in [9.17, 15) is 35.1 Å². The van der Waals surface area contributed by atoms with Gasteiger partial charge in [-0.05, 0) is 37.3 Å². The summed E-state index contributed by atoms with van der Waals surface area (Å²) in [6.45, 7) is 0.426. The molecule has 0 aliphatic carbocycles. The minimum Gasteiger partial charge on any atom is -0.485 e. The predicted molar refractivity (Wildman–Crippen MR) is 149 cm³/mol. The lowest BCUT2D eigenvalue weighted by Gasteiger charge is -2.18. The molecule has 0 heterocycles.